The highest BCUT2D eigenvalue weighted by Gasteiger charge is 2.05. The van der Waals surface area contributed by atoms with Gasteiger partial charge < -0.3 is 5.11 Å². The van der Waals surface area contributed by atoms with Crippen LogP contribution in [0.4, 0.5) is 11.5 Å². The van der Waals surface area contributed by atoms with Gasteiger partial charge in [0.2, 0.25) is 0 Å². The Balaban J connectivity index is 2.15. The molecule has 0 unspecified atom stereocenters. The van der Waals surface area contributed by atoms with Gasteiger partial charge in [-0.3, -0.25) is 10.4 Å². The topological polar surface area (TPSA) is 48.4 Å². The van der Waals surface area contributed by atoms with Gasteiger partial charge in [0.15, 0.2) is 0 Å². The third-order valence-corrected chi connectivity index (χ3v) is 2.19. The van der Waals surface area contributed by atoms with Crippen molar-refractivity contribution >= 4 is 11.5 Å². The Morgan fingerprint density at radius 3 is 2.56 bits per heavy atom. The fraction of sp³-hybridized carbons (Fsp3) is 0.0833. The van der Waals surface area contributed by atoms with E-state index >= 15 is 0 Å². The molecular weight excluding hydrogens is 202 g/mol. The molecule has 0 fully saturated rings. The second kappa shape index (κ2) is 4.53. The van der Waals surface area contributed by atoms with Gasteiger partial charge in [-0.25, -0.2) is 4.98 Å². The van der Waals surface area contributed by atoms with Crippen molar-refractivity contribution in [2.24, 2.45) is 0 Å². The third-order valence-electron chi connectivity index (χ3n) is 2.19. The number of hydrogen-bond donors (Lipinski definition) is 2. The Hall–Kier alpha value is -2.23. The molecule has 2 N–H and O–H groups in total. The summed E-state index contributed by atoms with van der Waals surface area (Å²) in [6, 6.07) is 12.7. The molecule has 1 aromatic carbocycles. The van der Waals surface area contributed by atoms with Crippen molar-refractivity contribution in [3.05, 3.63) is 48.7 Å². The summed E-state index contributed by atoms with van der Waals surface area (Å²) in [6.45, 7) is 0. The van der Waals surface area contributed by atoms with Crippen LogP contribution in [0.2, 0.25) is 0 Å². The lowest BCUT2D eigenvalue weighted by Crippen LogP contribution is -2.25. The molecule has 0 radical (unpaired) electrons. The molecule has 0 aliphatic heterocycles. The van der Waals surface area contributed by atoms with Crippen LogP contribution in [-0.2, 0) is 0 Å². The lowest BCUT2D eigenvalue weighted by molar-refractivity contribution is 0.475. The average molecular weight is 215 g/mol. The predicted molar refractivity (Wildman–Crippen MR) is 64.4 cm³/mol. The summed E-state index contributed by atoms with van der Waals surface area (Å²) >= 11 is 0. The Morgan fingerprint density at radius 2 is 1.88 bits per heavy atom. The first-order chi connectivity index (χ1) is 7.77. The van der Waals surface area contributed by atoms with Gasteiger partial charge in [-0.15, -0.1) is 0 Å². The predicted octanol–water partition coefficient (Wildman–Crippen LogP) is 2.25. The lowest BCUT2D eigenvalue weighted by Gasteiger charge is -2.21. The number of hydrazine groups is 1. The fourth-order valence-corrected chi connectivity index (χ4v) is 1.41. The Bertz CT molecular complexity index is 459. The van der Waals surface area contributed by atoms with Crippen LogP contribution in [0.3, 0.4) is 0 Å². The molecular formula is C12H13N3O. The number of hydrogen-bond acceptors (Lipinski definition) is 4. The molecule has 0 saturated heterocycles. The van der Waals surface area contributed by atoms with E-state index < -0.39 is 0 Å². The fourth-order valence-electron chi connectivity index (χ4n) is 1.41. The number of anilines is 2. The van der Waals surface area contributed by atoms with Crippen molar-refractivity contribution in [2.45, 2.75) is 0 Å². The van der Waals surface area contributed by atoms with Crippen molar-refractivity contribution in [1.82, 2.24) is 4.98 Å². The zero-order chi connectivity index (χ0) is 11.4. The summed E-state index contributed by atoms with van der Waals surface area (Å²) in [5.74, 6) is 0.960. The Morgan fingerprint density at radius 1 is 1.12 bits per heavy atom. The molecule has 1 aromatic heterocycles. The number of pyridine rings is 1. The monoisotopic (exact) mass is 215 g/mol. The summed E-state index contributed by atoms with van der Waals surface area (Å²) < 4.78 is 0. The molecule has 0 aliphatic rings. The second-order valence-corrected chi connectivity index (χ2v) is 3.37. The molecule has 0 aliphatic carbocycles. The van der Waals surface area contributed by atoms with Crippen LogP contribution in [-0.4, -0.2) is 17.1 Å². The molecule has 1 heterocycles. The van der Waals surface area contributed by atoms with Crippen molar-refractivity contribution < 1.29 is 5.11 Å². The minimum Gasteiger partial charge on any atom is -0.506 e. The van der Waals surface area contributed by atoms with E-state index in [-0.39, 0.29) is 5.75 Å². The number of para-hydroxylation sites is 2. The molecule has 4 nitrogen and oxygen atoms in total. The zero-order valence-corrected chi connectivity index (χ0v) is 8.96. The number of aromatic nitrogens is 1. The molecule has 82 valence electrons. The number of rotatable bonds is 3. The van der Waals surface area contributed by atoms with Crippen LogP contribution in [0.15, 0.2) is 48.7 Å². The number of phenols is 1. The van der Waals surface area contributed by atoms with Crippen LogP contribution >= 0.6 is 0 Å². The Labute approximate surface area is 94.1 Å². The van der Waals surface area contributed by atoms with Crippen molar-refractivity contribution in [1.29, 1.82) is 0 Å². The number of nitrogens with zero attached hydrogens (tertiary/aromatic N) is 2. The highest BCUT2D eigenvalue weighted by atomic mass is 16.3. The largest absolute Gasteiger partial charge is 0.506 e. The highest BCUT2D eigenvalue weighted by molar-refractivity contribution is 5.60. The van der Waals surface area contributed by atoms with Crippen molar-refractivity contribution in [3.8, 4) is 5.75 Å². The Kier molecular flexibility index (Phi) is 2.91. The minimum absolute atomic E-state index is 0.230. The van der Waals surface area contributed by atoms with Gasteiger partial charge in [-0.1, -0.05) is 18.2 Å². The summed E-state index contributed by atoms with van der Waals surface area (Å²) in [5.41, 5.74) is 3.76. The smallest absolute Gasteiger partial charge is 0.144 e. The van der Waals surface area contributed by atoms with Gasteiger partial charge in [0, 0.05) is 13.2 Å². The molecule has 0 atom stereocenters. The minimum atomic E-state index is 0.230. The maximum Gasteiger partial charge on any atom is 0.144 e. The summed E-state index contributed by atoms with van der Waals surface area (Å²) in [5, 5.41) is 11.4. The number of aromatic hydroxyl groups is 1. The number of nitrogens with one attached hydrogen (secondary N) is 1. The second-order valence-electron chi connectivity index (χ2n) is 3.37. The van der Waals surface area contributed by atoms with E-state index in [2.05, 4.69) is 10.4 Å². The van der Waals surface area contributed by atoms with Gasteiger partial charge in [0.05, 0.1) is 5.69 Å². The van der Waals surface area contributed by atoms with Gasteiger partial charge in [0.1, 0.15) is 11.6 Å². The molecule has 2 aromatic rings. The lowest BCUT2D eigenvalue weighted by atomic mass is 10.3. The molecule has 4 heteroatoms. The van der Waals surface area contributed by atoms with E-state index in [4.69, 9.17) is 0 Å². The van der Waals surface area contributed by atoms with E-state index in [9.17, 15) is 5.11 Å². The number of phenolic OH excluding ortho intramolecular Hbond substituents is 1. The van der Waals surface area contributed by atoms with E-state index in [1.165, 1.54) is 0 Å². The molecule has 0 saturated carbocycles. The van der Waals surface area contributed by atoms with Gasteiger partial charge >= 0.3 is 0 Å². The molecule has 0 bridgehead atoms. The summed E-state index contributed by atoms with van der Waals surface area (Å²) in [4.78, 5) is 4.14. The van der Waals surface area contributed by atoms with Gasteiger partial charge in [0.25, 0.3) is 0 Å². The highest BCUT2D eigenvalue weighted by Crippen LogP contribution is 2.25. The molecule has 2 rings (SSSR count). The van der Waals surface area contributed by atoms with Gasteiger partial charge in [-0.05, 0) is 24.3 Å². The standard InChI is InChI=1S/C12H13N3O/c1-15(10-6-2-3-7-11(10)16)14-12-8-4-5-9-13-12/h2-9,16H,1H3,(H,13,14). The van der Waals surface area contributed by atoms with Gasteiger partial charge in [-0.2, -0.15) is 0 Å². The molecule has 16 heavy (non-hydrogen) atoms. The maximum atomic E-state index is 9.66. The van der Waals surface area contributed by atoms with E-state index in [1.54, 1.807) is 23.3 Å². The van der Waals surface area contributed by atoms with Crippen LogP contribution < -0.4 is 10.4 Å². The first kappa shape index (κ1) is 10.3. The van der Waals surface area contributed by atoms with Crippen molar-refractivity contribution in [3.63, 3.8) is 0 Å². The van der Waals surface area contributed by atoms with Crippen LogP contribution in [0.1, 0.15) is 0 Å². The number of benzene rings is 1. The van der Waals surface area contributed by atoms with Crippen molar-refractivity contribution in [2.75, 3.05) is 17.5 Å². The third kappa shape index (κ3) is 2.23. The first-order valence-corrected chi connectivity index (χ1v) is 4.97. The van der Waals surface area contributed by atoms with E-state index in [1.807, 2.05) is 37.4 Å². The normalized spacial score (nSPS) is 9.81. The van der Waals surface area contributed by atoms with Crippen LogP contribution in [0.5, 0.6) is 5.75 Å². The summed E-state index contributed by atoms with van der Waals surface area (Å²) in [6.07, 6.45) is 1.71. The van der Waals surface area contributed by atoms with E-state index in [0.717, 1.165) is 5.82 Å². The first-order valence-electron chi connectivity index (χ1n) is 4.97. The quantitative estimate of drug-likeness (QED) is 0.771. The average Bonchev–Trinajstić information content (AvgIpc) is 2.31. The molecule has 0 amide bonds. The van der Waals surface area contributed by atoms with Crippen LogP contribution in [0, 0.1) is 0 Å². The molecule has 0 spiro atoms. The van der Waals surface area contributed by atoms with E-state index in [0.29, 0.717) is 5.69 Å². The van der Waals surface area contributed by atoms with Crippen LogP contribution in [0.25, 0.3) is 0 Å². The summed E-state index contributed by atoms with van der Waals surface area (Å²) in [7, 11) is 1.82. The maximum absolute atomic E-state index is 9.66. The SMILES string of the molecule is CN(Nc1ccccn1)c1ccccc1O. The zero-order valence-electron chi connectivity index (χ0n) is 8.96.